The van der Waals surface area contributed by atoms with Gasteiger partial charge in [-0.25, -0.2) is 0 Å². The van der Waals surface area contributed by atoms with E-state index in [9.17, 15) is 13.2 Å². The number of likely N-dealkylation sites (tertiary alicyclic amines) is 1. The Hall–Kier alpha value is -2.00. The van der Waals surface area contributed by atoms with Gasteiger partial charge >= 0.3 is 6.18 Å². The van der Waals surface area contributed by atoms with Gasteiger partial charge in [0.05, 0.1) is 5.56 Å². The maximum Gasteiger partial charge on any atom is 0.416 e. The van der Waals surface area contributed by atoms with Crippen LogP contribution in [0.2, 0.25) is 0 Å². The summed E-state index contributed by atoms with van der Waals surface area (Å²) in [5, 5.41) is 13.5. The molecule has 1 N–H and O–H groups in total. The Labute approximate surface area is 222 Å². The van der Waals surface area contributed by atoms with Crippen LogP contribution in [0.5, 0.6) is 0 Å². The summed E-state index contributed by atoms with van der Waals surface area (Å²) in [4.78, 5) is 2.53. The molecule has 0 radical (unpaired) electrons. The van der Waals surface area contributed by atoms with Gasteiger partial charge in [0.2, 0.25) is 0 Å². The fraction of sp³-hybridized carbons (Fsp3) is 0.643. The summed E-state index contributed by atoms with van der Waals surface area (Å²) in [7, 11) is 2.09. The lowest BCUT2D eigenvalue weighted by Gasteiger charge is -2.29. The minimum Gasteiger partial charge on any atom is -0.386 e. The molecule has 3 aliphatic rings. The number of hydrogen-bond acceptors (Lipinski definition) is 5. The lowest BCUT2D eigenvalue weighted by Crippen LogP contribution is -2.31. The molecule has 1 saturated heterocycles. The molecular weight excluding hydrogens is 495 g/mol. The molecule has 2 saturated carbocycles. The molecule has 202 valence electrons. The average Bonchev–Trinajstić information content (AvgIpc) is 3.20. The maximum atomic E-state index is 12.9. The van der Waals surface area contributed by atoms with E-state index in [4.69, 9.17) is 0 Å². The molecule has 1 aliphatic heterocycles. The highest BCUT2D eigenvalue weighted by Gasteiger charge is 2.57. The number of rotatable bonds is 9. The van der Waals surface area contributed by atoms with Gasteiger partial charge in [0.1, 0.15) is 5.82 Å². The Balaban J connectivity index is 1.04. The van der Waals surface area contributed by atoms with Gasteiger partial charge in [0, 0.05) is 37.0 Å². The van der Waals surface area contributed by atoms with E-state index in [0.29, 0.717) is 17.9 Å². The second kappa shape index (κ2) is 10.6. The van der Waals surface area contributed by atoms with E-state index < -0.39 is 11.7 Å². The van der Waals surface area contributed by atoms with Gasteiger partial charge in [0.15, 0.2) is 5.16 Å². The molecule has 1 spiro atoms. The van der Waals surface area contributed by atoms with Crippen molar-refractivity contribution >= 4 is 11.8 Å². The smallest absolute Gasteiger partial charge is 0.386 e. The predicted molar refractivity (Wildman–Crippen MR) is 142 cm³/mol. The van der Waals surface area contributed by atoms with Gasteiger partial charge in [-0.3, -0.25) is 0 Å². The summed E-state index contributed by atoms with van der Waals surface area (Å²) in [6.45, 7) is 9.18. The van der Waals surface area contributed by atoms with E-state index >= 15 is 0 Å². The molecule has 0 amide bonds. The summed E-state index contributed by atoms with van der Waals surface area (Å²) in [5.74, 6) is 3.00. The van der Waals surface area contributed by atoms with Crippen LogP contribution in [0.3, 0.4) is 0 Å². The molecule has 2 aliphatic carbocycles. The molecule has 0 bridgehead atoms. The monoisotopic (exact) mass is 533 g/mol. The third-order valence-corrected chi connectivity index (χ3v) is 9.66. The number of thioether (sulfide) groups is 1. The van der Waals surface area contributed by atoms with Gasteiger partial charge in [-0.05, 0) is 94.0 Å². The molecule has 3 fully saturated rings. The first-order chi connectivity index (χ1) is 17.6. The average molecular weight is 534 g/mol. The molecule has 1 aromatic heterocycles. The van der Waals surface area contributed by atoms with E-state index in [1.165, 1.54) is 12.1 Å². The van der Waals surface area contributed by atoms with Gasteiger partial charge < -0.3 is 14.8 Å². The normalized spacial score (nSPS) is 28.1. The van der Waals surface area contributed by atoms with Crippen molar-refractivity contribution in [2.24, 2.45) is 12.5 Å². The highest BCUT2D eigenvalue weighted by molar-refractivity contribution is 7.99. The summed E-state index contributed by atoms with van der Waals surface area (Å²) >= 11 is 1.79. The number of alkyl halides is 3. The first-order valence-corrected chi connectivity index (χ1v) is 14.5. The van der Waals surface area contributed by atoms with Crippen LogP contribution in [0, 0.1) is 5.41 Å². The van der Waals surface area contributed by atoms with Gasteiger partial charge in [0.25, 0.3) is 0 Å². The summed E-state index contributed by atoms with van der Waals surface area (Å²) in [5.41, 5.74) is 1.81. The van der Waals surface area contributed by atoms with Crippen LogP contribution in [-0.2, 0) is 13.2 Å². The Morgan fingerprint density at radius 1 is 1.16 bits per heavy atom. The molecule has 2 heterocycles. The molecule has 0 unspecified atom stereocenters. The number of allylic oxidation sites excluding steroid dienone is 1. The lowest BCUT2D eigenvalue weighted by atomic mass is 9.85. The molecular formula is C28H38F3N5S. The Kier molecular flexibility index (Phi) is 7.65. The zero-order chi connectivity index (χ0) is 26.2. The van der Waals surface area contributed by atoms with E-state index in [0.717, 1.165) is 92.6 Å². The Morgan fingerprint density at radius 3 is 2.57 bits per heavy atom. The van der Waals surface area contributed by atoms with E-state index in [1.54, 1.807) is 23.9 Å². The number of hydrogen-bond donors (Lipinski definition) is 1. The van der Waals surface area contributed by atoms with E-state index in [-0.39, 0.29) is 5.41 Å². The van der Waals surface area contributed by atoms with Crippen LogP contribution in [0.4, 0.5) is 13.2 Å². The lowest BCUT2D eigenvalue weighted by molar-refractivity contribution is -0.137. The zero-order valence-electron chi connectivity index (χ0n) is 21.9. The first-order valence-electron chi connectivity index (χ1n) is 13.5. The third kappa shape index (κ3) is 6.03. The number of benzene rings is 1. The maximum absolute atomic E-state index is 12.9. The van der Waals surface area contributed by atoms with Crippen molar-refractivity contribution in [3.63, 3.8) is 0 Å². The number of halogens is 3. The first kappa shape index (κ1) is 26.6. The Bertz CT molecular complexity index is 1090. The fourth-order valence-electron chi connectivity index (χ4n) is 6.45. The zero-order valence-corrected chi connectivity index (χ0v) is 22.7. The summed E-state index contributed by atoms with van der Waals surface area (Å²) in [6.07, 6.45) is 3.60. The second-order valence-electron chi connectivity index (χ2n) is 11.3. The Morgan fingerprint density at radius 2 is 1.89 bits per heavy atom. The minimum absolute atomic E-state index is 0.268. The predicted octanol–water partition coefficient (Wildman–Crippen LogP) is 6.35. The van der Waals surface area contributed by atoms with Crippen LogP contribution in [0.1, 0.15) is 80.7 Å². The molecule has 2 aromatic rings. The van der Waals surface area contributed by atoms with Gasteiger partial charge in [-0.2, -0.15) is 13.2 Å². The third-order valence-electron chi connectivity index (χ3n) is 8.56. The van der Waals surface area contributed by atoms with Gasteiger partial charge in [-0.15, -0.1) is 10.2 Å². The quantitative estimate of drug-likeness (QED) is 0.301. The SMILES string of the molecule is C=C(C)NC1CCC(c2nnc(SCCCN3CC[C@]4(C[C@@H]4c4ccc(C(F)(F)F)cc4)C3)n2C)CC1. The fourth-order valence-corrected chi connectivity index (χ4v) is 7.29. The van der Waals surface area contributed by atoms with Crippen LogP contribution < -0.4 is 5.32 Å². The molecule has 2 atom stereocenters. The van der Waals surface area contributed by atoms with Crippen molar-refractivity contribution in [1.29, 1.82) is 0 Å². The van der Waals surface area contributed by atoms with Crippen LogP contribution in [0.25, 0.3) is 0 Å². The van der Waals surface area contributed by atoms with Crippen molar-refractivity contribution in [2.45, 2.75) is 81.1 Å². The van der Waals surface area contributed by atoms with Crippen molar-refractivity contribution in [3.05, 3.63) is 53.5 Å². The number of nitrogens with one attached hydrogen (secondary N) is 1. The van der Waals surface area contributed by atoms with Crippen molar-refractivity contribution in [1.82, 2.24) is 25.0 Å². The molecule has 9 heteroatoms. The molecule has 5 rings (SSSR count). The van der Waals surface area contributed by atoms with Crippen molar-refractivity contribution in [2.75, 3.05) is 25.4 Å². The highest BCUT2D eigenvalue weighted by atomic mass is 32.2. The summed E-state index contributed by atoms with van der Waals surface area (Å²) < 4.78 is 40.8. The van der Waals surface area contributed by atoms with E-state index in [2.05, 4.69) is 38.6 Å². The van der Waals surface area contributed by atoms with E-state index in [1.807, 2.05) is 6.92 Å². The molecule has 1 aromatic carbocycles. The number of nitrogens with zero attached hydrogens (tertiary/aromatic N) is 4. The summed E-state index contributed by atoms with van der Waals surface area (Å²) in [6, 6.07) is 6.36. The molecule has 5 nitrogen and oxygen atoms in total. The van der Waals surface area contributed by atoms with Crippen LogP contribution >= 0.6 is 11.8 Å². The standard InChI is InChI=1S/C28H38F3N5S/c1-19(2)32-23-11-7-21(8-12-23)25-33-34-26(35(25)3)37-16-4-14-36-15-13-27(18-36)17-24(27)20-5-9-22(10-6-20)28(29,30)31/h5-6,9-10,21,23-24,32H,1,4,7-8,11-18H2,2-3H3/t21?,23?,24-,27+/m1/s1. The largest absolute Gasteiger partial charge is 0.416 e. The van der Waals surface area contributed by atoms with Crippen molar-refractivity contribution < 1.29 is 13.2 Å². The van der Waals surface area contributed by atoms with Crippen LogP contribution in [0.15, 0.2) is 41.7 Å². The minimum atomic E-state index is -4.27. The topological polar surface area (TPSA) is 46.0 Å². The number of aromatic nitrogens is 3. The van der Waals surface area contributed by atoms with Gasteiger partial charge in [-0.1, -0.05) is 30.5 Å². The molecule has 37 heavy (non-hydrogen) atoms. The van der Waals surface area contributed by atoms with Crippen LogP contribution in [-0.4, -0.2) is 51.1 Å². The second-order valence-corrected chi connectivity index (χ2v) is 12.4. The highest BCUT2D eigenvalue weighted by Crippen LogP contribution is 2.64. The van der Waals surface area contributed by atoms with Crippen molar-refractivity contribution in [3.8, 4) is 0 Å².